The molecule has 2 N–H and O–H groups in total. The molecule has 1 atom stereocenters. The Bertz CT molecular complexity index is 893. The average Bonchev–Trinajstić information content (AvgIpc) is 3.31. The Morgan fingerprint density at radius 2 is 1.97 bits per heavy atom. The number of carboxylic acid groups (broad SMARTS) is 1. The Hall–Kier alpha value is -2.65. The average molecular weight is 415 g/mol. The number of nitrogens with one attached hydrogen (secondary N) is 1. The number of ether oxygens (including phenoxy) is 1. The van der Waals surface area contributed by atoms with Crippen LogP contribution in [0.1, 0.15) is 29.8 Å². The van der Waals surface area contributed by atoms with Gasteiger partial charge in [0.15, 0.2) is 5.69 Å². The highest BCUT2D eigenvalue weighted by molar-refractivity contribution is 6.05. The van der Waals surface area contributed by atoms with Crippen LogP contribution in [0.3, 0.4) is 0 Å². The first kappa shape index (κ1) is 20.6. The van der Waals surface area contributed by atoms with Crippen molar-refractivity contribution >= 4 is 29.0 Å². The molecule has 1 aromatic heterocycles. The van der Waals surface area contributed by atoms with Crippen LogP contribution in [0.5, 0.6) is 0 Å². The molecule has 0 unspecified atom stereocenters. The van der Waals surface area contributed by atoms with E-state index in [2.05, 4.69) is 37.0 Å². The van der Waals surface area contributed by atoms with Gasteiger partial charge in [-0.3, -0.25) is 14.7 Å². The van der Waals surface area contributed by atoms with Crippen LogP contribution in [0, 0.1) is 0 Å². The van der Waals surface area contributed by atoms with Crippen LogP contribution in [0.4, 0.5) is 5.69 Å². The monoisotopic (exact) mass is 415 g/mol. The zero-order valence-electron chi connectivity index (χ0n) is 17.3. The molecular weight excluding hydrogens is 386 g/mol. The van der Waals surface area contributed by atoms with Crippen molar-refractivity contribution in [3.8, 4) is 0 Å². The van der Waals surface area contributed by atoms with Gasteiger partial charge in [-0.2, -0.15) is 5.10 Å². The van der Waals surface area contributed by atoms with E-state index in [1.54, 1.807) is 7.11 Å². The van der Waals surface area contributed by atoms with Gasteiger partial charge < -0.3 is 24.5 Å². The summed E-state index contributed by atoms with van der Waals surface area (Å²) < 4.78 is 5.49. The molecule has 0 saturated carbocycles. The Labute approximate surface area is 175 Å². The fourth-order valence-corrected chi connectivity index (χ4v) is 4.81. The van der Waals surface area contributed by atoms with Crippen LogP contribution in [0.2, 0.25) is 0 Å². The lowest BCUT2D eigenvalue weighted by Gasteiger charge is -2.31. The largest absolute Gasteiger partial charge is 0.483 e. The Balaban J connectivity index is 0.000000687. The molecule has 30 heavy (non-hydrogen) atoms. The molecule has 4 saturated heterocycles. The number of benzene rings is 1. The number of methoxy groups -OCH3 is 1. The molecule has 6 rings (SSSR count). The number of amides is 1. The summed E-state index contributed by atoms with van der Waals surface area (Å²) in [5, 5.41) is 15.3. The number of carbonyl (C=O) groups excluding carboxylic acids is 1. The van der Waals surface area contributed by atoms with E-state index in [9.17, 15) is 4.79 Å². The number of rotatable bonds is 3. The first-order valence-corrected chi connectivity index (χ1v) is 10.5. The minimum absolute atomic E-state index is 0.0725. The molecule has 1 aromatic carbocycles. The number of hydrogen-bond donors (Lipinski definition) is 2. The van der Waals surface area contributed by atoms with E-state index >= 15 is 0 Å². The lowest BCUT2D eigenvalue weighted by atomic mass is 10.0. The maximum atomic E-state index is 13.3. The molecule has 0 radical (unpaired) electrons. The second-order valence-corrected chi connectivity index (χ2v) is 8.07. The Kier molecular flexibility index (Phi) is 6.19. The number of nitrogens with zero attached hydrogens (tertiary/aromatic N) is 4. The molecule has 2 aromatic rings. The van der Waals surface area contributed by atoms with E-state index in [4.69, 9.17) is 14.6 Å². The van der Waals surface area contributed by atoms with Crippen molar-refractivity contribution < 1.29 is 19.4 Å². The molecule has 162 valence electrons. The Morgan fingerprint density at radius 3 is 2.67 bits per heavy atom. The zero-order valence-corrected chi connectivity index (χ0v) is 17.3. The van der Waals surface area contributed by atoms with Crippen molar-refractivity contribution in [2.45, 2.75) is 31.4 Å². The predicted octanol–water partition coefficient (Wildman–Crippen LogP) is 1.41. The van der Waals surface area contributed by atoms with Crippen molar-refractivity contribution in [3.63, 3.8) is 0 Å². The quantitative estimate of drug-likeness (QED) is 0.731. The molecule has 4 aliphatic heterocycles. The third-order valence-corrected chi connectivity index (χ3v) is 6.51. The van der Waals surface area contributed by atoms with Gasteiger partial charge in [0.2, 0.25) is 0 Å². The standard InChI is InChI=1S/C20H27N5O2.CH2O2/c1-27-16-6-9-24(13-16)15-2-3-18-17(12-15)19(22-21-18)20(26)25-11-10-23-7-4-14(25)5-8-23;2-1-3/h2-3,12,14,16H,4-11,13H2,1H3,(H,21,22);1H,(H,2,3)/t16-;/m0./s1. The van der Waals surface area contributed by atoms with Gasteiger partial charge in [-0.15, -0.1) is 0 Å². The second kappa shape index (κ2) is 9.01. The fraction of sp³-hybridized carbons (Fsp3) is 0.571. The molecule has 0 spiro atoms. The Morgan fingerprint density at radius 1 is 1.20 bits per heavy atom. The molecule has 1 amide bonds. The number of anilines is 1. The third kappa shape index (κ3) is 3.99. The van der Waals surface area contributed by atoms with Crippen LogP contribution in [0.15, 0.2) is 18.2 Å². The number of hydrogen-bond acceptors (Lipinski definition) is 6. The van der Waals surface area contributed by atoms with Gasteiger partial charge in [-0.25, -0.2) is 0 Å². The predicted molar refractivity (Wildman–Crippen MR) is 113 cm³/mol. The number of piperidine rings is 1. The lowest BCUT2D eigenvalue weighted by molar-refractivity contribution is -0.122. The van der Waals surface area contributed by atoms with E-state index in [0.29, 0.717) is 11.7 Å². The number of carbonyl (C=O) groups is 2. The van der Waals surface area contributed by atoms with Crippen molar-refractivity contribution in [2.24, 2.45) is 0 Å². The van der Waals surface area contributed by atoms with Gasteiger partial charge in [0.25, 0.3) is 12.4 Å². The molecule has 9 nitrogen and oxygen atoms in total. The van der Waals surface area contributed by atoms with Gasteiger partial charge >= 0.3 is 0 Å². The smallest absolute Gasteiger partial charge is 0.290 e. The lowest BCUT2D eigenvalue weighted by Crippen LogP contribution is -2.41. The first-order valence-electron chi connectivity index (χ1n) is 10.5. The van der Waals surface area contributed by atoms with Gasteiger partial charge in [0.05, 0.1) is 11.6 Å². The van der Waals surface area contributed by atoms with Crippen molar-refractivity contribution in [1.29, 1.82) is 0 Å². The molecule has 4 fully saturated rings. The summed E-state index contributed by atoms with van der Waals surface area (Å²) in [4.78, 5) is 28.6. The van der Waals surface area contributed by atoms with Crippen molar-refractivity contribution in [3.05, 3.63) is 23.9 Å². The van der Waals surface area contributed by atoms with Crippen LogP contribution in [-0.4, -0.2) is 96.0 Å². The van der Waals surface area contributed by atoms with Crippen LogP contribution < -0.4 is 4.90 Å². The minimum atomic E-state index is -0.250. The van der Waals surface area contributed by atoms with Crippen molar-refractivity contribution in [2.75, 3.05) is 51.3 Å². The van der Waals surface area contributed by atoms with E-state index in [1.165, 1.54) is 0 Å². The molecule has 0 aliphatic carbocycles. The highest BCUT2D eigenvalue weighted by Crippen LogP contribution is 2.29. The van der Waals surface area contributed by atoms with Crippen LogP contribution in [-0.2, 0) is 9.53 Å². The highest BCUT2D eigenvalue weighted by Gasteiger charge is 2.34. The third-order valence-electron chi connectivity index (χ3n) is 6.51. The maximum absolute atomic E-state index is 13.3. The molecular formula is C21H29N5O4. The summed E-state index contributed by atoms with van der Waals surface area (Å²) in [5.74, 6) is 0.0725. The van der Waals surface area contributed by atoms with Gasteiger partial charge in [-0.1, -0.05) is 0 Å². The SMILES string of the molecule is CO[C@H]1CCN(c2ccc3[nH]nc(C(=O)N4CCN5CCC4CC5)c3c2)C1.O=CO. The zero-order chi connectivity index (χ0) is 21.1. The van der Waals surface area contributed by atoms with E-state index in [-0.39, 0.29) is 18.5 Å². The topological polar surface area (TPSA) is 102 Å². The van der Waals surface area contributed by atoms with Gasteiger partial charge in [-0.05, 0) is 37.5 Å². The maximum Gasteiger partial charge on any atom is 0.290 e. The van der Waals surface area contributed by atoms with Crippen LogP contribution >= 0.6 is 0 Å². The molecule has 9 heteroatoms. The summed E-state index contributed by atoms with van der Waals surface area (Å²) >= 11 is 0. The van der Waals surface area contributed by atoms with Crippen LogP contribution in [0.25, 0.3) is 10.9 Å². The number of H-pyrrole nitrogens is 1. The van der Waals surface area contributed by atoms with Gasteiger partial charge in [0.1, 0.15) is 0 Å². The number of aromatic nitrogens is 2. The second-order valence-electron chi connectivity index (χ2n) is 8.07. The summed E-state index contributed by atoms with van der Waals surface area (Å²) in [5.41, 5.74) is 2.63. The number of fused-ring (bicyclic) bond motifs is 5. The summed E-state index contributed by atoms with van der Waals surface area (Å²) in [6.07, 6.45) is 3.47. The van der Waals surface area contributed by atoms with E-state index < -0.39 is 0 Å². The molecule has 5 heterocycles. The summed E-state index contributed by atoms with van der Waals surface area (Å²) in [7, 11) is 1.77. The first-order chi connectivity index (χ1) is 14.6. The van der Waals surface area contributed by atoms with Gasteiger partial charge in [0, 0.05) is 63.5 Å². The normalized spacial score (nSPS) is 25.7. The molecule has 2 bridgehead atoms. The summed E-state index contributed by atoms with van der Waals surface area (Å²) in [6, 6.07) is 6.61. The van der Waals surface area contributed by atoms with Crippen molar-refractivity contribution in [1.82, 2.24) is 20.0 Å². The molecule has 4 aliphatic rings. The number of aromatic amines is 1. The summed E-state index contributed by atoms with van der Waals surface area (Å²) in [6.45, 7) is 5.62. The minimum Gasteiger partial charge on any atom is -0.483 e. The highest BCUT2D eigenvalue weighted by atomic mass is 16.5. The fourth-order valence-electron chi connectivity index (χ4n) is 4.81. The van der Waals surface area contributed by atoms with E-state index in [1.807, 2.05) is 6.07 Å². The van der Waals surface area contributed by atoms with E-state index in [0.717, 1.165) is 75.1 Å².